The molecule has 1 amide bonds. The van der Waals surface area contributed by atoms with Crippen molar-refractivity contribution in [2.24, 2.45) is 11.8 Å². The normalized spacial score (nSPS) is 20.4. The molecule has 1 heterocycles. The Bertz CT molecular complexity index is 444. The van der Waals surface area contributed by atoms with Gasteiger partial charge in [0.05, 0.1) is 0 Å². The topological polar surface area (TPSA) is 20.3 Å². The van der Waals surface area contributed by atoms with Crippen LogP contribution in [0.3, 0.4) is 0 Å². The van der Waals surface area contributed by atoms with Crippen molar-refractivity contribution in [3.8, 4) is 0 Å². The van der Waals surface area contributed by atoms with E-state index in [1.54, 1.807) is 12.1 Å². The second-order valence-electron chi connectivity index (χ2n) is 5.74. The van der Waals surface area contributed by atoms with Crippen molar-refractivity contribution in [2.75, 3.05) is 13.1 Å². The summed E-state index contributed by atoms with van der Waals surface area (Å²) in [5, 5.41) is 0.626. The molecule has 0 radical (unpaired) electrons. The van der Waals surface area contributed by atoms with Gasteiger partial charge in [0.15, 0.2) is 0 Å². The second kappa shape index (κ2) is 6.42. The van der Waals surface area contributed by atoms with Gasteiger partial charge in [0, 0.05) is 23.7 Å². The lowest BCUT2D eigenvalue weighted by Gasteiger charge is -2.21. The van der Waals surface area contributed by atoms with Gasteiger partial charge in [0.25, 0.3) is 5.91 Å². The lowest BCUT2D eigenvalue weighted by Crippen LogP contribution is -2.32. The monoisotopic (exact) mass is 279 g/mol. The summed E-state index contributed by atoms with van der Waals surface area (Å²) in [5.41, 5.74) is 0.704. The van der Waals surface area contributed by atoms with E-state index in [1.807, 2.05) is 17.0 Å². The van der Waals surface area contributed by atoms with Crippen LogP contribution in [0.5, 0.6) is 0 Å². The number of carbonyl (C=O) groups excluding carboxylic acids is 1. The van der Waals surface area contributed by atoms with Gasteiger partial charge in [-0.3, -0.25) is 4.79 Å². The molecule has 19 heavy (non-hydrogen) atoms. The highest BCUT2D eigenvalue weighted by molar-refractivity contribution is 6.30. The molecule has 1 aromatic carbocycles. The summed E-state index contributed by atoms with van der Waals surface area (Å²) in [4.78, 5) is 14.4. The number of amides is 1. The zero-order chi connectivity index (χ0) is 13.8. The third-order valence-corrected chi connectivity index (χ3v) is 4.31. The van der Waals surface area contributed by atoms with E-state index in [1.165, 1.54) is 6.42 Å². The van der Waals surface area contributed by atoms with Crippen LogP contribution < -0.4 is 0 Å². The third kappa shape index (κ3) is 3.73. The van der Waals surface area contributed by atoms with Crippen LogP contribution >= 0.6 is 11.6 Å². The standard InChI is InChI=1S/C16H22ClNO/c1-12(2)13-6-4-9-18(10-8-13)16(19)14-5-3-7-15(17)11-14/h3,5,7,11-13H,4,6,8-10H2,1-2H3. The maximum absolute atomic E-state index is 12.4. The molecule has 1 fully saturated rings. The fourth-order valence-electron chi connectivity index (χ4n) is 2.80. The van der Waals surface area contributed by atoms with Crippen molar-refractivity contribution in [2.45, 2.75) is 33.1 Å². The first-order valence-corrected chi connectivity index (χ1v) is 7.50. The minimum absolute atomic E-state index is 0.118. The van der Waals surface area contributed by atoms with Crippen LogP contribution in [-0.4, -0.2) is 23.9 Å². The van der Waals surface area contributed by atoms with Crippen molar-refractivity contribution in [1.82, 2.24) is 4.90 Å². The van der Waals surface area contributed by atoms with E-state index in [2.05, 4.69) is 13.8 Å². The third-order valence-electron chi connectivity index (χ3n) is 4.07. The predicted octanol–water partition coefficient (Wildman–Crippen LogP) is 4.24. The summed E-state index contributed by atoms with van der Waals surface area (Å²) in [5.74, 6) is 1.57. The Labute approximate surface area is 120 Å². The van der Waals surface area contributed by atoms with Crippen LogP contribution in [0.1, 0.15) is 43.5 Å². The molecule has 0 N–H and O–H groups in total. The highest BCUT2D eigenvalue weighted by Crippen LogP contribution is 2.25. The van der Waals surface area contributed by atoms with Gasteiger partial charge in [0.1, 0.15) is 0 Å². The average Bonchev–Trinajstić information content (AvgIpc) is 2.63. The summed E-state index contributed by atoms with van der Waals surface area (Å²) >= 11 is 5.95. The SMILES string of the molecule is CC(C)C1CCCN(C(=O)c2cccc(Cl)c2)CC1. The molecule has 0 aliphatic carbocycles. The smallest absolute Gasteiger partial charge is 0.253 e. The number of benzene rings is 1. The van der Waals surface area contributed by atoms with E-state index >= 15 is 0 Å². The Kier molecular flexibility index (Phi) is 4.87. The Hall–Kier alpha value is -1.02. The largest absolute Gasteiger partial charge is 0.339 e. The predicted molar refractivity (Wildman–Crippen MR) is 79.5 cm³/mol. The fraction of sp³-hybridized carbons (Fsp3) is 0.562. The molecule has 2 nitrogen and oxygen atoms in total. The van der Waals surface area contributed by atoms with Gasteiger partial charge in [-0.2, -0.15) is 0 Å². The second-order valence-corrected chi connectivity index (χ2v) is 6.17. The van der Waals surface area contributed by atoms with Crippen molar-refractivity contribution < 1.29 is 4.79 Å². The Morgan fingerprint density at radius 1 is 1.32 bits per heavy atom. The molecule has 1 unspecified atom stereocenters. The maximum atomic E-state index is 12.4. The summed E-state index contributed by atoms with van der Waals surface area (Å²) in [6.45, 7) is 6.29. The van der Waals surface area contributed by atoms with Crippen LogP contribution in [0.15, 0.2) is 24.3 Å². The number of hydrogen-bond donors (Lipinski definition) is 0. The number of nitrogens with zero attached hydrogens (tertiary/aromatic N) is 1. The van der Waals surface area contributed by atoms with E-state index in [4.69, 9.17) is 11.6 Å². The molecule has 1 aliphatic heterocycles. The van der Waals surface area contributed by atoms with Gasteiger partial charge in [0.2, 0.25) is 0 Å². The molecule has 0 aromatic heterocycles. The maximum Gasteiger partial charge on any atom is 0.253 e. The number of halogens is 1. The lowest BCUT2D eigenvalue weighted by atomic mass is 9.89. The molecule has 0 saturated carbocycles. The molecule has 2 rings (SSSR count). The quantitative estimate of drug-likeness (QED) is 0.793. The molecule has 0 spiro atoms. The van der Waals surface area contributed by atoms with Gasteiger partial charge in [-0.1, -0.05) is 31.5 Å². The summed E-state index contributed by atoms with van der Waals surface area (Å²) in [7, 11) is 0. The van der Waals surface area contributed by atoms with Crippen LogP contribution in [0.2, 0.25) is 5.02 Å². The van der Waals surface area contributed by atoms with Gasteiger partial charge in [-0.25, -0.2) is 0 Å². The Morgan fingerprint density at radius 3 is 2.79 bits per heavy atom. The zero-order valence-electron chi connectivity index (χ0n) is 11.7. The van der Waals surface area contributed by atoms with Crippen LogP contribution in [-0.2, 0) is 0 Å². The van der Waals surface area contributed by atoms with Gasteiger partial charge < -0.3 is 4.90 Å². The molecule has 1 saturated heterocycles. The van der Waals surface area contributed by atoms with Crippen molar-refractivity contribution >= 4 is 17.5 Å². The number of hydrogen-bond acceptors (Lipinski definition) is 1. The summed E-state index contributed by atoms with van der Waals surface area (Å²) in [6, 6.07) is 7.24. The van der Waals surface area contributed by atoms with Gasteiger partial charge in [-0.05, 0) is 49.3 Å². The van der Waals surface area contributed by atoms with E-state index in [0.29, 0.717) is 16.5 Å². The average molecular weight is 280 g/mol. The van der Waals surface area contributed by atoms with E-state index in [0.717, 1.165) is 31.8 Å². The number of carbonyl (C=O) groups is 1. The van der Waals surface area contributed by atoms with Gasteiger partial charge in [-0.15, -0.1) is 0 Å². The van der Waals surface area contributed by atoms with E-state index in [-0.39, 0.29) is 5.91 Å². The van der Waals surface area contributed by atoms with E-state index in [9.17, 15) is 4.79 Å². The minimum atomic E-state index is 0.118. The first-order valence-electron chi connectivity index (χ1n) is 7.13. The number of rotatable bonds is 2. The highest BCUT2D eigenvalue weighted by atomic mass is 35.5. The first kappa shape index (κ1) is 14.4. The molecule has 1 aliphatic rings. The first-order chi connectivity index (χ1) is 9.08. The summed E-state index contributed by atoms with van der Waals surface area (Å²) < 4.78 is 0. The van der Waals surface area contributed by atoms with Crippen molar-refractivity contribution in [3.05, 3.63) is 34.9 Å². The van der Waals surface area contributed by atoms with Gasteiger partial charge >= 0.3 is 0 Å². The highest BCUT2D eigenvalue weighted by Gasteiger charge is 2.23. The van der Waals surface area contributed by atoms with Crippen molar-refractivity contribution in [1.29, 1.82) is 0 Å². The fourth-order valence-corrected chi connectivity index (χ4v) is 2.99. The molecule has 0 bridgehead atoms. The Morgan fingerprint density at radius 2 is 2.11 bits per heavy atom. The van der Waals surface area contributed by atoms with Crippen LogP contribution in [0.25, 0.3) is 0 Å². The Balaban J connectivity index is 2.04. The van der Waals surface area contributed by atoms with E-state index < -0.39 is 0 Å². The summed E-state index contributed by atoms with van der Waals surface area (Å²) in [6.07, 6.45) is 3.45. The molecular formula is C16H22ClNO. The van der Waals surface area contributed by atoms with Crippen molar-refractivity contribution in [3.63, 3.8) is 0 Å². The van der Waals surface area contributed by atoms with Crippen LogP contribution in [0, 0.1) is 11.8 Å². The molecule has 3 heteroatoms. The lowest BCUT2D eigenvalue weighted by molar-refractivity contribution is 0.0759. The number of likely N-dealkylation sites (tertiary alicyclic amines) is 1. The minimum Gasteiger partial charge on any atom is -0.339 e. The van der Waals surface area contributed by atoms with Crippen LogP contribution in [0.4, 0.5) is 0 Å². The molecule has 1 aromatic rings. The molecular weight excluding hydrogens is 258 g/mol. The molecule has 1 atom stereocenters. The molecule has 104 valence electrons. The zero-order valence-corrected chi connectivity index (χ0v) is 12.5.